The van der Waals surface area contributed by atoms with Crippen LogP contribution in [-0.2, 0) is 9.53 Å². The van der Waals surface area contributed by atoms with Crippen molar-refractivity contribution in [3.8, 4) is 0 Å². The summed E-state index contributed by atoms with van der Waals surface area (Å²) >= 11 is 3.67. The summed E-state index contributed by atoms with van der Waals surface area (Å²) in [6, 6.07) is 6.93. The molecule has 2 heterocycles. The summed E-state index contributed by atoms with van der Waals surface area (Å²) in [5, 5.41) is 7.09. The van der Waals surface area contributed by atoms with E-state index in [1.807, 2.05) is 13.8 Å². The van der Waals surface area contributed by atoms with Gasteiger partial charge in [-0.25, -0.2) is 0 Å². The van der Waals surface area contributed by atoms with Crippen molar-refractivity contribution in [1.29, 1.82) is 0 Å². The van der Waals surface area contributed by atoms with Crippen LogP contribution in [0.1, 0.15) is 88.2 Å². The number of nitrogens with one attached hydrogen (secondary N) is 1. The highest BCUT2D eigenvalue weighted by atomic mass is 32.2. The van der Waals surface area contributed by atoms with Crippen molar-refractivity contribution < 1.29 is 9.53 Å². The Hall–Kier alpha value is -1.17. The Morgan fingerprint density at radius 3 is 2.59 bits per heavy atom. The molecule has 1 atom stereocenters. The van der Waals surface area contributed by atoms with Gasteiger partial charge in [0.2, 0.25) is 5.91 Å². The molecule has 1 aromatic rings. The fourth-order valence-corrected chi connectivity index (χ4v) is 6.31. The van der Waals surface area contributed by atoms with Gasteiger partial charge >= 0.3 is 0 Å². The van der Waals surface area contributed by atoms with Gasteiger partial charge in [0.25, 0.3) is 0 Å². The summed E-state index contributed by atoms with van der Waals surface area (Å²) in [4.78, 5) is 14.9. The number of hydrogen-bond acceptors (Lipinski definition) is 4. The third kappa shape index (κ3) is 6.68. The quantitative estimate of drug-likeness (QED) is 0.430. The molecule has 1 aromatic carbocycles. The van der Waals surface area contributed by atoms with E-state index in [1.165, 1.54) is 41.7 Å². The summed E-state index contributed by atoms with van der Waals surface area (Å²) in [6.45, 7) is 5.66. The smallest absolute Gasteiger partial charge is 0.232 e. The lowest BCUT2D eigenvalue weighted by Crippen LogP contribution is -2.30. The zero-order chi connectivity index (χ0) is 22.3. The van der Waals surface area contributed by atoms with E-state index in [0.717, 1.165) is 49.2 Å². The van der Waals surface area contributed by atoms with E-state index in [2.05, 4.69) is 52.8 Å². The number of benzene rings is 1. The van der Waals surface area contributed by atoms with Crippen molar-refractivity contribution in [2.75, 3.05) is 13.2 Å². The molecule has 5 heteroatoms. The predicted molar refractivity (Wildman–Crippen MR) is 137 cm³/mol. The van der Waals surface area contributed by atoms with Crippen LogP contribution in [0.2, 0.25) is 0 Å². The second-order valence-corrected chi connectivity index (χ2v) is 11.3. The first-order valence-electron chi connectivity index (χ1n) is 12.5. The molecule has 0 spiro atoms. The van der Waals surface area contributed by atoms with Gasteiger partial charge in [-0.15, -0.1) is 11.8 Å². The van der Waals surface area contributed by atoms with E-state index >= 15 is 0 Å². The first kappa shape index (κ1) is 24.0. The summed E-state index contributed by atoms with van der Waals surface area (Å²) in [6.07, 6.45) is 13.5. The van der Waals surface area contributed by atoms with Crippen LogP contribution in [0.25, 0.3) is 0 Å². The standard InChI is InChI=1S/C25H31NO2S2.C2H6/c27-25(26-24-3-1-2-14-29-24)22(15-17-10-12-28-13-11-17)19-6-9-23(30-20-7-8-20)21(16-19)18-4-5-18;1-2/h2-3,6,9,14,16-18,20,22H,1,4-5,7-8,10-13,15H2,(H,26,27);1-2H3/t22-;/m1./s1. The number of carbonyl (C=O) groups is 1. The van der Waals surface area contributed by atoms with Crippen LogP contribution in [0.5, 0.6) is 0 Å². The molecule has 1 saturated heterocycles. The van der Waals surface area contributed by atoms with Gasteiger partial charge in [0.05, 0.1) is 10.9 Å². The molecule has 2 aliphatic heterocycles. The molecule has 2 aliphatic carbocycles. The first-order chi connectivity index (χ1) is 15.8. The Balaban J connectivity index is 0.00000119. The lowest BCUT2D eigenvalue weighted by molar-refractivity contribution is -0.122. The maximum absolute atomic E-state index is 13.4. The molecule has 2 saturated carbocycles. The number of amides is 1. The van der Waals surface area contributed by atoms with Crippen molar-refractivity contribution in [2.45, 2.75) is 87.2 Å². The van der Waals surface area contributed by atoms with Gasteiger partial charge in [0.1, 0.15) is 0 Å². The first-order valence-corrected chi connectivity index (χ1v) is 14.2. The fraction of sp³-hybridized carbons (Fsp3) is 0.593. The van der Waals surface area contributed by atoms with Gasteiger partial charge < -0.3 is 10.1 Å². The minimum atomic E-state index is -0.0852. The Bertz CT molecular complexity index is 836. The van der Waals surface area contributed by atoms with Crippen molar-refractivity contribution in [3.05, 3.63) is 51.9 Å². The van der Waals surface area contributed by atoms with E-state index in [1.54, 1.807) is 11.8 Å². The molecule has 0 aromatic heterocycles. The highest BCUT2D eigenvalue weighted by Crippen LogP contribution is 2.49. The molecule has 0 unspecified atom stereocenters. The van der Waals surface area contributed by atoms with Crippen molar-refractivity contribution >= 4 is 29.4 Å². The zero-order valence-electron chi connectivity index (χ0n) is 19.5. The summed E-state index contributed by atoms with van der Waals surface area (Å²) in [7, 11) is 0. The lowest BCUT2D eigenvalue weighted by atomic mass is 9.84. The monoisotopic (exact) mass is 471 g/mol. The molecule has 3 fully saturated rings. The maximum atomic E-state index is 13.4. The lowest BCUT2D eigenvalue weighted by Gasteiger charge is -2.27. The van der Waals surface area contributed by atoms with E-state index in [0.29, 0.717) is 11.8 Å². The molecule has 0 radical (unpaired) electrons. The molecule has 5 rings (SSSR count). The molecular formula is C27H37NO2S2. The number of allylic oxidation sites excluding steroid dienone is 2. The van der Waals surface area contributed by atoms with E-state index in [4.69, 9.17) is 4.74 Å². The largest absolute Gasteiger partial charge is 0.381 e. The van der Waals surface area contributed by atoms with Crippen LogP contribution >= 0.6 is 23.5 Å². The van der Waals surface area contributed by atoms with Crippen LogP contribution in [0.15, 0.2) is 45.7 Å². The second kappa shape index (κ2) is 11.8. The topological polar surface area (TPSA) is 38.3 Å². The average molecular weight is 472 g/mol. The Labute approximate surface area is 202 Å². The highest BCUT2D eigenvalue weighted by Gasteiger charge is 2.32. The minimum Gasteiger partial charge on any atom is -0.381 e. The molecule has 4 aliphatic rings. The van der Waals surface area contributed by atoms with Crippen LogP contribution in [0.3, 0.4) is 0 Å². The van der Waals surface area contributed by atoms with Gasteiger partial charge in [0.15, 0.2) is 0 Å². The number of hydrogen-bond donors (Lipinski definition) is 1. The molecule has 1 N–H and O–H groups in total. The summed E-state index contributed by atoms with van der Waals surface area (Å²) in [5.74, 6) is 1.34. The number of ether oxygens (including phenoxy) is 1. The fourth-order valence-electron chi connectivity index (χ4n) is 4.37. The normalized spacial score (nSPS) is 21.9. The van der Waals surface area contributed by atoms with Gasteiger partial charge in [-0.1, -0.05) is 49.9 Å². The van der Waals surface area contributed by atoms with Crippen LogP contribution in [0, 0.1) is 5.92 Å². The van der Waals surface area contributed by atoms with Gasteiger partial charge in [-0.2, -0.15) is 0 Å². The van der Waals surface area contributed by atoms with E-state index in [9.17, 15) is 4.79 Å². The Morgan fingerprint density at radius 1 is 1.16 bits per heavy atom. The molecule has 32 heavy (non-hydrogen) atoms. The van der Waals surface area contributed by atoms with Crippen LogP contribution in [0.4, 0.5) is 0 Å². The number of rotatable bonds is 8. The molecule has 1 amide bonds. The van der Waals surface area contributed by atoms with Crippen LogP contribution in [-0.4, -0.2) is 24.4 Å². The van der Waals surface area contributed by atoms with Crippen molar-refractivity contribution in [1.82, 2.24) is 5.32 Å². The van der Waals surface area contributed by atoms with Crippen LogP contribution < -0.4 is 5.32 Å². The highest BCUT2D eigenvalue weighted by molar-refractivity contribution is 8.05. The average Bonchev–Trinajstić information content (AvgIpc) is 3.76. The molecule has 3 nitrogen and oxygen atoms in total. The van der Waals surface area contributed by atoms with E-state index in [-0.39, 0.29) is 11.8 Å². The third-order valence-corrected chi connectivity index (χ3v) is 8.76. The predicted octanol–water partition coefficient (Wildman–Crippen LogP) is 7.35. The molecule has 174 valence electrons. The Morgan fingerprint density at radius 2 is 1.94 bits per heavy atom. The van der Waals surface area contributed by atoms with Crippen molar-refractivity contribution in [2.24, 2.45) is 5.92 Å². The molecular weight excluding hydrogens is 434 g/mol. The van der Waals surface area contributed by atoms with E-state index < -0.39 is 0 Å². The summed E-state index contributed by atoms with van der Waals surface area (Å²) < 4.78 is 5.56. The zero-order valence-corrected chi connectivity index (χ0v) is 21.1. The van der Waals surface area contributed by atoms with Gasteiger partial charge in [0, 0.05) is 23.4 Å². The second-order valence-electron chi connectivity index (χ2n) is 9.02. The number of thioether (sulfide) groups is 2. The molecule has 0 bridgehead atoms. The van der Waals surface area contributed by atoms with Crippen molar-refractivity contribution in [3.63, 3.8) is 0 Å². The van der Waals surface area contributed by atoms with Gasteiger partial charge in [-0.05, 0) is 85.8 Å². The number of carbonyl (C=O) groups excluding carboxylic acids is 1. The Kier molecular flexibility index (Phi) is 8.84. The maximum Gasteiger partial charge on any atom is 0.232 e. The summed E-state index contributed by atoms with van der Waals surface area (Å²) in [5.41, 5.74) is 2.71. The SMILES string of the molecule is CC.O=C(NC1=CCC=CS1)[C@H](CC1CCOCC1)c1ccc(SC2CC2)c(C2CC2)c1. The third-order valence-electron chi connectivity index (χ3n) is 6.47. The minimum absolute atomic E-state index is 0.0852. The van der Waals surface area contributed by atoms with Gasteiger partial charge in [-0.3, -0.25) is 4.79 Å².